The third kappa shape index (κ3) is 7.58. The van der Waals surface area contributed by atoms with Gasteiger partial charge in [-0.25, -0.2) is 0 Å². The van der Waals surface area contributed by atoms with Crippen LogP contribution in [0.5, 0.6) is 5.75 Å². The predicted molar refractivity (Wildman–Crippen MR) is 63.9 cm³/mol. The highest BCUT2D eigenvalue weighted by atomic mass is 31.1. The lowest BCUT2D eigenvalue weighted by atomic mass is 10.1. The number of ketones is 1. The van der Waals surface area contributed by atoms with Crippen LogP contribution < -0.4 is 4.74 Å². The van der Waals surface area contributed by atoms with Crippen molar-refractivity contribution in [3.8, 4) is 5.75 Å². The minimum Gasteiger partial charge on any atom is -0.480 e. The summed E-state index contributed by atoms with van der Waals surface area (Å²) >= 11 is 0. The van der Waals surface area contributed by atoms with E-state index in [2.05, 4.69) is 0 Å². The van der Waals surface area contributed by atoms with Crippen LogP contribution in [-0.2, 0) is 9.36 Å². The van der Waals surface area contributed by atoms with Crippen molar-refractivity contribution in [1.29, 1.82) is 0 Å². The number of para-hydroxylation sites is 1. The van der Waals surface area contributed by atoms with E-state index in [4.69, 9.17) is 19.1 Å². The zero-order valence-corrected chi connectivity index (χ0v) is 10.8. The van der Waals surface area contributed by atoms with Crippen LogP contribution in [0, 0.1) is 0 Å². The van der Waals surface area contributed by atoms with Crippen molar-refractivity contribution in [2.24, 2.45) is 0 Å². The number of rotatable bonds is 3. The van der Waals surface area contributed by atoms with Crippen LogP contribution in [-0.4, -0.2) is 21.2 Å². The minimum atomic E-state index is -2.87. The smallest absolute Gasteiger partial charge is 0.480 e. The van der Waals surface area contributed by atoms with Crippen molar-refractivity contribution in [2.45, 2.75) is 26.4 Å². The molecular weight excluding hydrogens is 243 g/mol. The number of ether oxygens (including phenoxy) is 1. The van der Waals surface area contributed by atoms with Crippen molar-refractivity contribution >= 4 is 14.0 Å². The molecule has 0 spiro atoms. The summed E-state index contributed by atoms with van der Waals surface area (Å²) in [7, 11) is -2.87. The minimum absolute atomic E-state index is 0.0244. The van der Waals surface area contributed by atoms with Crippen LogP contribution in [0.25, 0.3) is 0 Å². The molecule has 5 nitrogen and oxygen atoms in total. The molecule has 2 N–H and O–H groups in total. The molecule has 0 aliphatic rings. The van der Waals surface area contributed by atoms with E-state index >= 15 is 0 Å². The van der Waals surface area contributed by atoms with Gasteiger partial charge in [-0.1, -0.05) is 18.2 Å². The van der Waals surface area contributed by atoms with E-state index in [0.29, 0.717) is 0 Å². The van der Waals surface area contributed by atoms with Crippen molar-refractivity contribution < 1.29 is 23.9 Å². The lowest BCUT2D eigenvalue weighted by Crippen LogP contribution is -2.36. The van der Waals surface area contributed by atoms with Crippen molar-refractivity contribution in [1.82, 2.24) is 0 Å². The van der Waals surface area contributed by atoms with Gasteiger partial charge in [0.2, 0.25) is 0 Å². The molecule has 1 aromatic carbocycles. The Morgan fingerprint density at radius 1 is 1.24 bits per heavy atom. The highest BCUT2D eigenvalue weighted by Gasteiger charge is 2.25. The van der Waals surface area contributed by atoms with Crippen molar-refractivity contribution in [2.75, 3.05) is 0 Å². The third-order valence-electron chi connectivity index (χ3n) is 1.96. The summed E-state index contributed by atoms with van der Waals surface area (Å²) in [6, 6.07) is 9.35. The van der Waals surface area contributed by atoms with Gasteiger partial charge in [-0.3, -0.25) is 4.79 Å². The van der Waals surface area contributed by atoms with E-state index in [-0.39, 0.29) is 5.78 Å². The van der Waals surface area contributed by atoms with E-state index in [1.807, 2.05) is 30.3 Å². The SMILES string of the molecule is CC(=O)C(C)(C)Oc1ccccc1.O=[P+](O)O. The molecule has 0 heterocycles. The molecule has 0 aromatic heterocycles. The lowest BCUT2D eigenvalue weighted by Gasteiger charge is -2.23. The monoisotopic (exact) mass is 259 g/mol. The summed E-state index contributed by atoms with van der Waals surface area (Å²) in [5.74, 6) is 0.749. The maximum Gasteiger partial charge on any atom is 0.692 e. The summed E-state index contributed by atoms with van der Waals surface area (Å²) in [6.45, 7) is 5.06. The maximum atomic E-state index is 11.1. The second-order valence-corrected chi connectivity index (χ2v) is 4.24. The van der Waals surface area contributed by atoms with Crippen molar-refractivity contribution in [3.05, 3.63) is 30.3 Å². The summed E-state index contributed by atoms with van der Waals surface area (Å²) in [5, 5.41) is 0. The van der Waals surface area contributed by atoms with E-state index in [9.17, 15) is 4.79 Å². The average molecular weight is 259 g/mol. The largest absolute Gasteiger partial charge is 0.692 e. The first-order valence-corrected chi connectivity index (χ1v) is 6.02. The second kappa shape index (κ2) is 7.12. The molecular formula is C11H16O5P+. The Morgan fingerprint density at radius 3 is 2.00 bits per heavy atom. The normalized spacial score (nSPS) is 9.94. The number of Topliss-reactive ketones (excluding diaryl/α,β-unsaturated/α-hetero) is 1. The number of carbonyl (C=O) groups is 1. The molecule has 6 heteroatoms. The van der Waals surface area contributed by atoms with Gasteiger partial charge in [0.05, 0.1) is 0 Å². The Balaban J connectivity index is 0.000000557. The maximum absolute atomic E-state index is 11.1. The molecule has 0 radical (unpaired) electrons. The summed E-state index contributed by atoms with van der Waals surface area (Å²) in [6.07, 6.45) is 0. The Kier molecular flexibility index (Phi) is 6.58. The molecule has 1 rings (SSSR count). The number of hydrogen-bond acceptors (Lipinski definition) is 3. The van der Waals surface area contributed by atoms with E-state index in [1.54, 1.807) is 13.8 Å². The molecule has 0 saturated carbocycles. The van der Waals surface area contributed by atoms with Gasteiger partial charge in [0.25, 0.3) is 0 Å². The Labute approximate surface area is 101 Å². The number of benzene rings is 1. The van der Waals surface area contributed by atoms with Crippen LogP contribution in [0.3, 0.4) is 0 Å². The predicted octanol–water partition coefficient (Wildman–Crippen LogP) is 2.06. The Hall–Kier alpha value is -1.29. The van der Waals surface area contributed by atoms with Gasteiger partial charge < -0.3 is 4.74 Å². The zero-order valence-electron chi connectivity index (χ0n) is 9.95. The van der Waals surface area contributed by atoms with Crippen LogP contribution in [0.1, 0.15) is 20.8 Å². The molecule has 0 aliphatic heterocycles. The first-order valence-electron chi connectivity index (χ1n) is 4.86. The summed E-state index contributed by atoms with van der Waals surface area (Å²) in [5.41, 5.74) is -0.735. The summed E-state index contributed by atoms with van der Waals surface area (Å²) < 4.78 is 14.2. The van der Waals surface area contributed by atoms with Crippen LogP contribution in [0.15, 0.2) is 30.3 Å². The topological polar surface area (TPSA) is 83.8 Å². The van der Waals surface area contributed by atoms with Gasteiger partial charge in [-0.05, 0) is 32.9 Å². The number of carbonyl (C=O) groups excluding carboxylic acids is 1. The van der Waals surface area contributed by atoms with Crippen molar-refractivity contribution in [3.63, 3.8) is 0 Å². The van der Waals surface area contributed by atoms with Crippen LogP contribution >= 0.6 is 8.25 Å². The molecule has 0 amide bonds. The van der Waals surface area contributed by atoms with Gasteiger partial charge in [-0.2, -0.15) is 0 Å². The third-order valence-corrected chi connectivity index (χ3v) is 1.96. The lowest BCUT2D eigenvalue weighted by molar-refractivity contribution is -0.129. The molecule has 0 saturated heterocycles. The van der Waals surface area contributed by atoms with Gasteiger partial charge in [0, 0.05) is 4.57 Å². The quantitative estimate of drug-likeness (QED) is 0.812. The van der Waals surface area contributed by atoms with E-state index in [0.717, 1.165) is 5.75 Å². The molecule has 94 valence electrons. The fourth-order valence-corrected chi connectivity index (χ4v) is 0.855. The van der Waals surface area contributed by atoms with Crippen LogP contribution in [0.4, 0.5) is 0 Å². The summed E-state index contributed by atoms with van der Waals surface area (Å²) in [4.78, 5) is 25.4. The fraction of sp³-hybridized carbons (Fsp3) is 0.364. The standard InChI is InChI=1S/C11H14O2.HO3P/c1-9(12)11(2,3)13-10-7-5-4-6-8-10;1-4(2)3/h4-8H,1-3H3;(H-,1,2,3)/p+1. The molecule has 0 bridgehead atoms. The Morgan fingerprint density at radius 2 is 1.65 bits per heavy atom. The first-order chi connectivity index (χ1) is 7.75. The number of hydrogen-bond donors (Lipinski definition) is 2. The van der Waals surface area contributed by atoms with E-state index in [1.165, 1.54) is 6.92 Å². The van der Waals surface area contributed by atoms with E-state index < -0.39 is 13.9 Å². The van der Waals surface area contributed by atoms with Gasteiger partial charge in [-0.15, -0.1) is 9.79 Å². The molecule has 0 atom stereocenters. The second-order valence-electron chi connectivity index (χ2n) is 3.73. The average Bonchev–Trinajstić information content (AvgIpc) is 2.17. The molecule has 0 unspecified atom stereocenters. The van der Waals surface area contributed by atoms with Gasteiger partial charge in [0.15, 0.2) is 11.4 Å². The molecule has 0 aliphatic carbocycles. The highest BCUT2D eigenvalue weighted by molar-refractivity contribution is 7.30. The van der Waals surface area contributed by atoms with Gasteiger partial charge in [0.1, 0.15) is 5.75 Å². The molecule has 17 heavy (non-hydrogen) atoms. The first kappa shape index (κ1) is 15.7. The highest BCUT2D eigenvalue weighted by Crippen LogP contribution is 2.17. The molecule has 1 aromatic rings. The Bertz CT molecular complexity index is 371. The zero-order chi connectivity index (χ0) is 13.5. The van der Waals surface area contributed by atoms with Crippen LogP contribution in [0.2, 0.25) is 0 Å². The fourth-order valence-electron chi connectivity index (χ4n) is 0.855. The van der Waals surface area contributed by atoms with Gasteiger partial charge >= 0.3 is 8.25 Å². The molecule has 0 fully saturated rings.